The third kappa shape index (κ3) is 11.0. The number of esters is 1. The van der Waals surface area contributed by atoms with Crippen molar-refractivity contribution < 1.29 is 19.0 Å². The number of carbonyl (C=O) groups is 1. The summed E-state index contributed by atoms with van der Waals surface area (Å²) in [5.74, 6) is 3.49. The van der Waals surface area contributed by atoms with E-state index >= 15 is 0 Å². The quantitative estimate of drug-likeness (QED) is 0.0928. The molecule has 4 heteroatoms. The zero-order valence-corrected chi connectivity index (χ0v) is 22.8. The van der Waals surface area contributed by atoms with Gasteiger partial charge in [0.1, 0.15) is 17.2 Å². The molecule has 2 aromatic rings. The molecule has 3 rings (SSSR count). The molecule has 2 aromatic carbocycles. The monoisotopic (exact) mass is 506 g/mol. The highest BCUT2D eigenvalue weighted by Gasteiger charge is 2.20. The van der Waals surface area contributed by atoms with E-state index in [2.05, 4.69) is 13.5 Å². The van der Waals surface area contributed by atoms with Crippen LogP contribution in [0.4, 0.5) is 0 Å². The van der Waals surface area contributed by atoms with Crippen molar-refractivity contribution in [2.45, 2.75) is 90.4 Å². The molecule has 1 aliphatic carbocycles. The maximum atomic E-state index is 12.4. The van der Waals surface area contributed by atoms with Gasteiger partial charge in [-0.05, 0) is 79.6 Å². The average Bonchev–Trinajstić information content (AvgIpc) is 2.93. The van der Waals surface area contributed by atoms with Gasteiger partial charge in [-0.1, -0.05) is 77.2 Å². The predicted octanol–water partition coefficient (Wildman–Crippen LogP) is 9.19. The van der Waals surface area contributed by atoms with Crippen LogP contribution in [0, 0.1) is 11.8 Å². The van der Waals surface area contributed by atoms with Crippen LogP contribution < -0.4 is 14.2 Å². The largest absolute Gasteiger partial charge is 0.494 e. The molecular formula is C33H46O4. The third-order valence-corrected chi connectivity index (χ3v) is 7.42. The average molecular weight is 507 g/mol. The van der Waals surface area contributed by atoms with Crippen molar-refractivity contribution in [3.05, 3.63) is 66.7 Å². The SMILES string of the molecule is C=CCCOc1ccc(C(=O)Oc2ccc(OCCCC3CCC(CCCCCCC)CC3)cc2)cc1. The lowest BCUT2D eigenvalue weighted by Gasteiger charge is -2.28. The molecule has 0 N–H and O–H groups in total. The molecule has 0 amide bonds. The molecule has 1 fully saturated rings. The van der Waals surface area contributed by atoms with E-state index in [1.807, 2.05) is 18.2 Å². The summed E-state index contributed by atoms with van der Waals surface area (Å²) in [7, 11) is 0. The fraction of sp³-hybridized carbons (Fsp3) is 0.545. The molecule has 1 aliphatic rings. The lowest BCUT2D eigenvalue weighted by molar-refractivity contribution is 0.0734. The highest BCUT2D eigenvalue weighted by molar-refractivity contribution is 5.91. The van der Waals surface area contributed by atoms with E-state index in [4.69, 9.17) is 14.2 Å². The predicted molar refractivity (Wildman–Crippen MR) is 152 cm³/mol. The topological polar surface area (TPSA) is 44.8 Å². The Morgan fingerprint density at radius 3 is 1.92 bits per heavy atom. The Morgan fingerprint density at radius 2 is 1.30 bits per heavy atom. The summed E-state index contributed by atoms with van der Waals surface area (Å²) in [6.45, 7) is 7.27. The smallest absolute Gasteiger partial charge is 0.343 e. The molecule has 0 spiro atoms. The van der Waals surface area contributed by atoms with Crippen LogP contribution in [0.2, 0.25) is 0 Å². The molecule has 0 radical (unpaired) electrons. The van der Waals surface area contributed by atoms with Crippen LogP contribution in [0.1, 0.15) is 101 Å². The third-order valence-electron chi connectivity index (χ3n) is 7.42. The molecule has 202 valence electrons. The molecule has 1 saturated carbocycles. The van der Waals surface area contributed by atoms with E-state index < -0.39 is 5.97 Å². The van der Waals surface area contributed by atoms with Crippen LogP contribution in [-0.2, 0) is 0 Å². The number of benzene rings is 2. The maximum absolute atomic E-state index is 12.4. The van der Waals surface area contributed by atoms with E-state index in [1.54, 1.807) is 36.4 Å². The van der Waals surface area contributed by atoms with Crippen molar-refractivity contribution in [2.75, 3.05) is 13.2 Å². The summed E-state index contributed by atoms with van der Waals surface area (Å²) in [5.41, 5.74) is 0.484. The van der Waals surface area contributed by atoms with Gasteiger partial charge in [-0.25, -0.2) is 4.79 Å². The van der Waals surface area contributed by atoms with E-state index in [0.29, 0.717) is 17.9 Å². The summed E-state index contributed by atoms with van der Waals surface area (Å²) >= 11 is 0. The Bertz CT molecular complexity index is 895. The number of unbranched alkanes of at least 4 members (excludes halogenated alkanes) is 4. The lowest BCUT2D eigenvalue weighted by atomic mass is 9.78. The van der Waals surface area contributed by atoms with Crippen LogP contribution in [0.15, 0.2) is 61.2 Å². The Hall–Kier alpha value is -2.75. The molecule has 0 saturated heterocycles. The molecule has 37 heavy (non-hydrogen) atoms. The first kappa shape index (κ1) is 28.8. The molecule has 0 aromatic heterocycles. The minimum absolute atomic E-state index is 0.391. The van der Waals surface area contributed by atoms with Crippen LogP contribution in [0.5, 0.6) is 17.2 Å². The van der Waals surface area contributed by atoms with Crippen molar-refractivity contribution in [3.63, 3.8) is 0 Å². The summed E-state index contributed by atoms with van der Waals surface area (Å²) in [4.78, 5) is 12.4. The van der Waals surface area contributed by atoms with Gasteiger partial charge in [0.05, 0.1) is 18.8 Å². The highest BCUT2D eigenvalue weighted by Crippen LogP contribution is 2.34. The Kier molecular flexibility index (Phi) is 13.2. The summed E-state index contributed by atoms with van der Waals surface area (Å²) in [5, 5.41) is 0. The first-order chi connectivity index (χ1) is 18.2. The summed E-state index contributed by atoms with van der Waals surface area (Å²) in [6, 6.07) is 14.3. The Labute approximate surface area is 224 Å². The highest BCUT2D eigenvalue weighted by atomic mass is 16.5. The normalized spacial score (nSPS) is 17.2. The Morgan fingerprint density at radius 1 is 0.757 bits per heavy atom. The summed E-state index contributed by atoms with van der Waals surface area (Å²) in [6.07, 6.45) is 19.0. The fourth-order valence-corrected chi connectivity index (χ4v) is 5.12. The molecular weight excluding hydrogens is 460 g/mol. The van der Waals surface area contributed by atoms with Gasteiger partial charge in [-0.15, -0.1) is 6.58 Å². The molecule has 0 aliphatic heterocycles. The van der Waals surface area contributed by atoms with Crippen molar-refractivity contribution in [3.8, 4) is 17.2 Å². The Balaban J connectivity index is 1.28. The van der Waals surface area contributed by atoms with Crippen LogP contribution in [0.25, 0.3) is 0 Å². The number of ether oxygens (including phenoxy) is 3. The molecule has 0 heterocycles. The molecule has 4 nitrogen and oxygen atoms in total. The molecule has 0 bridgehead atoms. The first-order valence-electron chi connectivity index (χ1n) is 14.5. The standard InChI is InChI=1S/C33H46O4/c1-3-5-7-8-9-11-27-13-15-28(16-14-27)12-10-26-36-31-21-23-32(24-22-31)37-33(34)29-17-19-30(20-18-29)35-25-6-4-2/h4,17-24,27-28H,2-3,5-16,25-26H2,1H3. The van der Waals surface area contributed by atoms with E-state index in [1.165, 1.54) is 70.6 Å². The van der Waals surface area contributed by atoms with Crippen molar-refractivity contribution in [2.24, 2.45) is 11.8 Å². The minimum atomic E-state index is -0.391. The van der Waals surface area contributed by atoms with Gasteiger partial charge < -0.3 is 14.2 Å². The van der Waals surface area contributed by atoms with Crippen LogP contribution >= 0.6 is 0 Å². The van der Waals surface area contributed by atoms with Crippen LogP contribution in [-0.4, -0.2) is 19.2 Å². The number of rotatable bonds is 17. The van der Waals surface area contributed by atoms with Crippen molar-refractivity contribution >= 4 is 5.97 Å². The first-order valence-corrected chi connectivity index (χ1v) is 14.5. The van der Waals surface area contributed by atoms with Gasteiger partial charge in [0, 0.05) is 0 Å². The number of hydrogen-bond donors (Lipinski definition) is 0. The number of carbonyl (C=O) groups excluding carboxylic acids is 1. The zero-order chi connectivity index (χ0) is 26.1. The zero-order valence-electron chi connectivity index (χ0n) is 22.8. The van der Waals surface area contributed by atoms with E-state index in [9.17, 15) is 4.79 Å². The molecule has 0 unspecified atom stereocenters. The van der Waals surface area contributed by atoms with Gasteiger partial charge in [0.25, 0.3) is 0 Å². The second-order valence-corrected chi connectivity index (χ2v) is 10.4. The van der Waals surface area contributed by atoms with E-state index in [-0.39, 0.29) is 0 Å². The van der Waals surface area contributed by atoms with Crippen molar-refractivity contribution in [1.29, 1.82) is 0 Å². The molecule has 0 atom stereocenters. The number of hydrogen-bond acceptors (Lipinski definition) is 4. The second kappa shape index (κ2) is 16.9. The van der Waals surface area contributed by atoms with Crippen LogP contribution in [0.3, 0.4) is 0 Å². The van der Waals surface area contributed by atoms with Gasteiger partial charge in [-0.3, -0.25) is 0 Å². The summed E-state index contributed by atoms with van der Waals surface area (Å²) < 4.78 is 17.0. The van der Waals surface area contributed by atoms with Gasteiger partial charge in [-0.2, -0.15) is 0 Å². The van der Waals surface area contributed by atoms with Gasteiger partial charge in [0.15, 0.2) is 0 Å². The van der Waals surface area contributed by atoms with E-state index in [0.717, 1.165) is 42.8 Å². The van der Waals surface area contributed by atoms with Gasteiger partial charge in [0.2, 0.25) is 0 Å². The maximum Gasteiger partial charge on any atom is 0.343 e. The van der Waals surface area contributed by atoms with Crippen molar-refractivity contribution in [1.82, 2.24) is 0 Å². The minimum Gasteiger partial charge on any atom is -0.494 e. The fourth-order valence-electron chi connectivity index (χ4n) is 5.12. The lowest BCUT2D eigenvalue weighted by Crippen LogP contribution is -2.15. The second-order valence-electron chi connectivity index (χ2n) is 10.4. The van der Waals surface area contributed by atoms with Gasteiger partial charge >= 0.3 is 5.97 Å².